The summed E-state index contributed by atoms with van der Waals surface area (Å²) in [6.45, 7) is 0.202. The Morgan fingerprint density at radius 2 is 0.658 bits per heavy atom. The molecule has 30 heteroatoms. The van der Waals surface area contributed by atoms with Crippen LogP contribution in [0.4, 0.5) is 105 Å². The zero-order valence-electron chi connectivity index (χ0n) is 37.0. The minimum atomic E-state index is -6.13. The van der Waals surface area contributed by atoms with Crippen molar-refractivity contribution in [2.24, 2.45) is 0 Å². The van der Waals surface area contributed by atoms with Gasteiger partial charge in [0.2, 0.25) is 12.3 Å². The van der Waals surface area contributed by atoms with E-state index >= 15 is 0 Å². The van der Waals surface area contributed by atoms with Crippen LogP contribution in [0.5, 0.6) is 0 Å². The SMILES string of the molecule is COC(=O)c1cccc(C(=O)C[n+]2ccncc2)c1.FC(F)(F)c1cc([B-](c2cc(C(F)(F)F)cc(C(F)(F)F)c2)(c2cc(C(F)(F)F)cc(C(F)(F)F)c2)c2cc(C(F)(F)F)cc(C(F)(F)F)c2)cc(C(F)(F)F)c1. The summed E-state index contributed by atoms with van der Waals surface area (Å²) in [6, 6.07) is -2.32. The van der Waals surface area contributed by atoms with Crippen LogP contribution in [-0.4, -0.2) is 30.0 Å². The second-order valence-corrected chi connectivity index (χ2v) is 16.1. The molecule has 408 valence electrons. The number of rotatable bonds is 8. The van der Waals surface area contributed by atoms with Gasteiger partial charge in [0.05, 0.1) is 69.6 Å². The largest absolute Gasteiger partial charge is 0.465 e. The minimum absolute atomic E-state index is 0.0815. The molecular formula is C46H25BF24N2O3. The Hall–Kier alpha value is -7.30. The van der Waals surface area contributed by atoms with Gasteiger partial charge >= 0.3 is 55.4 Å². The number of hydrogen-bond acceptors (Lipinski definition) is 4. The smallest absolute Gasteiger partial charge is 0.416 e. The van der Waals surface area contributed by atoms with Crippen LogP contribution in [-0.2, 0) is 60.7 Å². The molecule has 0 fully saturated rings. The molecule has 0 radical (unpaired) electrons. The number of benzene rings is 5. The van der Waals surface area contributed by atoms with Crippen LogP contribution < -0.4 is 26.4 Å². The fraction of sp³-hybridized carbons (Fsp3) is 0.217. The summed E-state index contributed by atoms with van der Waals surface area (Å²) in [6.07, 6.45) is -48.2. The lowest BCUT2D eigenvalue weighted by molar-refractivity contribution is -0.683. The summed E-state index contributed by atoms with van der Waals surface area (Å²) in [7, 11) is 1.31. The summed E-state index contributed by atoms with van der Waals surface area (Å²) in [5.74, 6) is -0.534. The molecule has 0 bridgehead atoms. The number of aromatic nitrogens is 2. The fourth-order valence-electron chi connectivity index (χ4n) is 7.72. The zero-order chi connectivity index (χ0) is 57.6. The van der Waals surface area contributed by atoms with Crippen molar-refractivity contribution >= 4 is 39.7 Å². The Morgan fingerprint density at radius 1 is 0.408 bits per heavy atom. The first-order valence-corrected chi connectivity index (χ1v) is 20.3. The summed E-state index contributed by atoms with van der Waals surface area (Å²) < 4.78 is 347. The lowest BCUT2D eigenvalue weighted by Crippen LogP contribution is -2.75. The van der Waals surface area contributed by atoms with Gasteiger partial charge in [-0.1, -0.05) is 60.7 Å². The number of ketones is 1. The first kappa shape index (κ1) is 59.6. The molecule has 0 unspecified atom stereocenters. The monoisotopic (exact) mass is 1120 g/mol. The number of methoxy groups -OCH3 is 1. The number of carbonyl (C=O) groups excluding carboxylic acids is 2. The molecule has 0 aliphatic heterocycles. The number of nitrogens with zero attached hydrogens (tertiary/aromatic N) is 2. The third kappa shape index (κ3) is 13.8. The van der Waals surface area contributed by atoms with Crippen LogP contribution in [0.15, 0.2) is 122 Å². The van der Waals surface area contributed by atoms with E-state index in [9.17, 15) is 115 Å². The Bertz CT molecular complexity index is 2660. The second-order valence-electron chi connectivity index (χ2n) is 16.1. The van der Waals surface area contributed by atoms with E-state index in [-0.39, 0.29) is 12.3 Å². The van der Waals surface area contributed by atoms with E-state index in [0.717, 1.165) is 0 Å². The van der Waals surface area contributed by atoms with E-state index in [4.69, 9.17) is 0 Å². The van der Waals surface area contributed by atoms with Crippen LogP contribution in [0.2, 0.25) is 0 Å². The average molecular weight is 1120 g/mol. The number of ether oxygens (including phenoxy) is 1. The van der Waals surface area contributed by atoms with Gasteiger partial charge in [0.1, 0.15) is 6.15 Å². The van der Waals surface area contributed by atoms with Gasteiger partial charge in [0.25, 0.3) is 0 Å². The third-order valence-corrected chi connectivity index (χ3v) is 11.1. The Balaban J connectivity index is 0.000000468. The highest BCUT2D eigenvalue weighted by molar-refractivity contribution is 7.20. The molecule has 76 heavy (non-hydrogen) atoms. The van der Waals surface area contributed by atoms with Gasteiger partial charge in [-0.2, -0.15) is 132 Å². The number of Topliss-reactive ketones (excluding diaryl/α,β-unsaturated/α-hetero) is 1. The third-order valence-electron chi connectivity index (χ3n) is 11.1. The molecule has 0 amide bonds. The average Bonchev–Trinajstić information content (AvgIpc) is 3.29. The van der Waals surface area contributed by atoms with Crippen molar-refractivity contribution in [3.8, 4) is 0 Å². The highest BCUT2D eigenvalue weighted by Crippen LogP contribution is 2.41. The number of esters is 1. The van der Waals surface area contributed by atoms with Gasteiger partial charge in [0, 0.05) is 5.56 Å². The van der Waals surface area contributed by atoms with E-state index in [2.05, 4.69) is 9.72 Å². The molecule has 6 aromatic rings. The standard InChI is InChI=1S/C32H12BF24.C14H13N2O3/c34-25(35,36)13-1-14(26(37,38)39)6-21(5-13)33(22-7-15(27(40,41)42)2-16(8-22)28(43,44)45,23-9-17(29(46,47)48)3-18(10-23)30(49,50)51)24-11-19(31(52,53)54)4-20(12-24)32(55,56)57;1-19-14(18)12-4-2-3-11(9-12)13(17)10-16-7-5-15-6-8-16/h1-12H;2-9H,10H2,1H3/q-1;+1. The first-order chi connectivity index (χ1) is 34.5. The predicted molar refractivity (Wildman–Crippen MR) is 217 cm³/mol. The van der Waals surface area contributed by atoms with Crippen molar-refractivity contribution in [3.63, 3.8) is 0 Å². The molecule has 6 rings (SSSR count). The molecule has 0 spiro atoms. The van der Waals surface area contributed by atoms with Crippen molar-refractivity contribution in [2.75, 3.05) is 7.11 Å². The molecule has 5 aromatic carbocycles. The van der Waals surface area contributed by atoms with E-state index in [1.807, 2.05) is 0 Å². The second kappa shape index (κ2) is 20.7. The highest BCUT2D eigenvalue weighted by Gasteiger charge is 2.47. The van der Waals surface area contributed by atoms with Crippen molar-refractivity contribution in [1.29, 1.82) is 0 Å². The quantitative estimate of drug-likeness (QED) is 0.0501. The van der Waals surface area contributed by atoms with Crippen molar-refractivity contribution in [3.05, 3.63) is 177 Å². The zero-order valence-corrected chi connectivity index (χ0v) is 37.0. The molecule has 0 atom stereocenters. The van der Waals surface area contributed by atoms with Crippen LogP contribution >= 0.6 is 0 Å². The summed E-state index contributed by atoms with van der Waals surface area (Å²) in [4.78, 5) is 27.4. The molecule has 1 heterocycles. The summed E-state index contributed by atoms with van der Waals surface area (Å²) in [5, 5.41) is 0. The van der Waals surface area contributed by atoms with Crippen LogP contribution in [0.25, 0.3) is 0 Å². The normalized spacial score (nSPS) is 13.2. The maximum absolute atomic E-state index is 14.2. The van der Waals surface area contributed by atoms with Crippen LogP contribution in [0.1, 0.15) is 65.2 Å². The minimum Gasteiger partial charge on any atom is -0.465 e. The van der Waals surface area contributed by atoms with Gasteiger partial charge in [-0.25, -0.2) is 4.79 Å². The number of carbonyl (C=O) groups is 2. The van der Waals surface area contributed by atoms with Crippen molar-refractivity contribution in [2.45, 2.75) is 56.0 Å². The van der Waals surface area contributed by atoms with Gasteiger partial charge < -0.3 is 4.74 Å². The van der Waals surface area contributed by atoms with Gasteiger partial charge in [-0.3, -0.25) is 9.78 Å². The molecule has 0 N–H and O–H groups in total. The predicted octanol–water partition coefficient (Wildman–Crippen LogP) is 12.3. The maximum atomic E-state index is 14.2. The Labute approximate surface area is 409 Å². The Morgan fingerprint density at radius 3 is 0.895 bits per heavy atom. The molecule has 0 aliphatic rings. The van der Waals surface area contributed by atoms with Crippen molar-refractivity contribution < 1.29 is 124 Å². The maximum Gasteiger partial charge on any atom is 0.416 e. The molecular weight excluding hydrogens is 1100 g/mol. The van der Waals surface area contributed by atoms with Crippen LogP contribution in [0.3, 0.4) is 0 Å². The molecule has 1 aromatic heterocycles. The molecule has 0 saturated carbocycles. The topological polar surface area (TPSA) is 60.1 Å². The Kier molecular flexibility index (Phi) is 16.2. The molecule has 5 nitrogen and oxygen atoms in total. The number of halogens is 24. The highest BCUT2D eigenvalue weighted by atomic mass is 19.4. The fourth-order valence-corrected chi connectivity index (χ4v) is 7.72. The van der Waals surface area contributed by atoms with E-state index < -0.39 is 201 Å². The lowest BCUT2D eigenvalue weighted by Gasteiger charge is -2.46. The number of hydrogen-bond donors (Lipinski definition) is 0. The first-order valence-electron chi connectivity index (χ1n) is 20.3. The van der Waals surface area contributed by atoms with Gasteiger partial charge in [-0.05, 0) is 36.4 Å². The van der Waals surface area contributed by atoms with Crippen molar-refractivity contribution in [1.82, 2.24) is 4.98 Å². The van der Waals surface area contributed by atoms with E-state index in [0.29, 0.717) is 11.1 Å². The van der Waals surface area contributed by atoms with E-state index in [1.165, 1.54) is 13.2 Å². The lowest BCUT2D eigenvalue weighted by atomic mass is 9.12. The summed E-state index contributed by atoms with van der Waals surface area (Å²) >= 11 is 0. The molecule has 0 aliphatic carbocycles. The number of alkyl halides is 24. The summed E-state index contributed by atoms with van der Waals surface area (Å²) in [5.41, 5.74) is -29.4. The molecule has 0 saturated heterocycles. The van der Waals surface area contributed by atoms with Gasteiger partial charge in [-0.15, -0.1) is 0 Å². The van der Waals surface area contributed by atoms with E-state index in [1.54, 1.807) is 47.6 Å². The van der Waals surface area contributed by atoms with Gasteiger partial charge in [0.15, 0.2) is 12.4 Å². The van der Waals surface area contributed by atoms with Crippen LogP contribution in [0, 0.1) is 0 Å².